The molecule has 0 unspecified atom stereocenters. The fourth-order valence-electron chi connectivity index (χ4n) is 4.09. The van der Waals surface area contributed by atoms with Crippen molar-refractivity contribution in [1.29, 1.82) is 0 Å². The van der Waals surface area contributed by atoms with Crippen LogP contribution < -0.4 is 0 Å². The molecule has 7 heteroatoms. The minimum atomic E-state index is -0.315. The number of aromatic nitrogens is 4. The molecular formula is C23H15N5O2. The summed E-state index contributed by atoms with van der Waals surface area (Å²) in [7, 11) is 1.51. The maximum atomic E-state index is 12.9. The Kier molecular flexibility index (Phi) is 3.26. The summed E-state index contributed by atoms with van der Waals surface area (Å²) in [5.74, 6) is -0.628. The lowest BCUT2D eigenvalue weighted by Crippen LogP contribution is -2.24. The van der Waals surface area contributed by atoms with Crippen LogP contribution >= 0.6 is 0 Å². The first-order chi connectivity index (χ1) is 14.6. The average Bonchev–Trinajstić information content (AvgIpc) is 3.46. The maximum absolute atomic E-state index is 12.9. The van der Waals surface area contributed by atoms with Gasteiger partial charge in [-0.15, -0.1) is 0 Å². The van der Waals surface area contributed by atoms with E-state index in [-0.39, 0.29) is 11.8 Å². The molecule has 144 valence electrons. The van der Waals surface area contributed by atoms with Crippen LogP contribution in [-0.2, 0) is 0 Å². The van der Waals surface area contributed by atoms with Crippen LogP contribution in [-0.4, -0.2) is 42.9 Å². The van der Waals surface area contributed by atoms with Gasteiger partial charge >= 0.3 is 0 Å². The molecule has 1 aliphatic rings. The van der Waals surface area contributed by atoms with Gasteiger partial charge in [0, 0.05) is 7.05 Å². The van der Waals surface area contributed by atoms with Gasteiger partial charge in [0.15, 0.2) is 0 Å². The van der Waals surface area contributed by atoms with Crippen molar-refractivity contribution in [2.75, 3.05) is 7.05 Å². The first-order valence-electron chi connectivity index (χ1n) is 9.49. The van der Waals surface area contributed by atoms with E-state index < -0.39 is 0 Å². The molecule has 0 fully saturated rings. The van der Waals surface area contributed by atoms with Gasteiger partial charge in [-0.2, -0.15) is 0 Å². The number of imide groups is 1. The molecule has 1 aliphatic heterocycles. The lowest BCUT2D eigenvalue weighted by molar-refractivity contribution is 0.0693. The lowest BCUT2D eigenvalue weighted by atomic mass is 10.1. The number of fused-ring (bicyclic) bond motifs is 3. The highest BCUT2D eigenvalue weighted by Gasteiger charge is 2.36. The average molecular weight is 393 g/mol. The van der Waals surface area contributed by atoms with E-state index in [1.54, 1.807) is 18.7 Å². The molecule has 5 aromatic rings. The summed E-state index contributed by atoms with van der Waals surface area (Å²) in [6, 6.07) is 19.2. The van der Waals surface area contributed by atoms with Crippen LogP contribution in [0.15, 0.2) is 73.3 Å². The minimum Gasteiger partial charge on any atom is -0.299 e. The predicted molar refractivity (Wildman–Crippen MR) is 112 cm³/mol. The second-order valence-electron chi connectivity index (χ2n) is 7.26. The van der Waals surface area contributed by atoms with Crippen LogP contribution in [0.5, 0.6) is 0 Å². The third-order valence-corrected chi connectivity index (χ3v) is 5.60. The molecule has 7 nitrogen and oxygen atoms in total. The highest BCUT2D eigenvalue weighted by molar-refractivity contribution is 6.23. The largest absolute Gasteiger partial charge is 0.299 e. The van der Waals surface area contributed by atoms with Crippen LogP contribution in [0.3, 0.4) is 0 Å². The fraction of sp³-hybridized carbons (Fsp3) is 0.0435. The minimum absolute atomic E-state index is 0.313. The standard InChI is InChI=1S/C23H15N5O2/c1-26-22(29)15-10-14(27-12-24-16-6-2-4-8-18(16)27)11-20(21(15)23(26)30)28-13-25-17-7-3-5-9-19(17)28/h2-13H,1H3. The number of para-hydroxylation sites is 4. The van der Waals surface area contributed by atoms with Crippen molar-refractivity contribution in [2.45, 2.75) is 0 Å². The number of carbonyl (C=O) groups excluding carboxylic acids is 2. The quantitative estimate of drug-likeness (QED) is 0.430. The van der Waals surface area contributed by atoms with Crippen molar-refractivity contribution >= 4 is 33.9 Å². The summed E-state index contributed by atoms with van der Waals surface area (Å²) in [5, 5.41) is 0. The van der Waals surface area contributed by atoms with Crippen LogP contribution in [0.2, 0.25) is 0 Å². The van der Waals surface area contributed by atoms with Crippen molar-refractivity contribution < 1.29 is 9.59 Å². The Balaban J connectivity index is 1.69. The number of carbonyl (C=O) groups is 2. The van der Waals surface area contributed by atoms with Crippen molar-refractivity contribution in [2.24, 2.45) is 0 Å². The van der Waals surface area contributed by atoms with E-state index in [9.17, 15) is 9.59 Å². The molecule has 0 spiro atoms. The van der Waals surface area contributed by atoms with Crippen molar-refractivity contribution in [3.63, 3.8) is 0 Å². The summed E-state index contributed by atoms with van der Waals surface area (Å²) in [5.41, 5.74) is 5.60. The maximum Gasteiger partial charge on any atom is 0.263 e. The summed E-state index contributed by atoms with van der Waals surface area (Å²) < 4.78 is 3.79. The Hall–Kier alpha value is -4.26. The van der Waals surface area contributed by atoms with Crippen molar-refractivity contribution in [3.05, 3.63) is 84.4 Å². The second-order valence-corrected chi connectivity index (χ2v) is 7.26. The number of imidazole rings is 2. The van der Waals surface area contributed by atoms with Gasteiger partial charge in [0.2, 0.25) is 0 Å². The molecule has 0 atom stereocenters. The molecule has 0 bridgehead atoms. The Morgan fingerprint density at radius 1 is 0.733 bits per heavy atom. The zero-order chi connectivity index (χ0) is 20.4. The lowest BCUT2D eigenvalue weighted by Gasteiger charge is -2.13. The highest BCUT2D eigenvalue weighted by Crippen LogP contribution is 2.33. The first kappa shape index (κ1) is 16.7. The van der Waals surface area contributed by atoms with E-state index in [2.05, 4.69) is 9.97 Å². The molecular weight excluding hydrogens is 378 g/mol. The molecule has 0 radical (unpaired) electrons. The number of hydrogen-bond acceptors (Lipinski definition) is 4. The third kappa shape index (κ3) is 2.14. The van der Waals surface area contributed by atoms with E-state index in [0.717, 1.165) is 32.7 Å². The Morgan fingerprint density at radius 2 is 1.33 bits per heavy atom. The molecule has 2 aromatic heterocycles. The Morgan fingerprint density at radius 3 is 2.03 bits per heavy atom. The molecule has 0 aliphatic carbocycles. The van der Waals surface area contributed by atoms with E-state index in [0.29, 0.717) is 16.8 Å². The van der Waals surface area contributed by atoms with Crippen molar-refractivity contribution in [1.82, 2.24) is 24.0 Å². The number of nitrogens with zero attached hydrogens (tertiary/aromatic N) is 5. The molecule has 6 rings (SSSR count). The zero-order valence-electron chi connectivity index (χ0n) is 16.0. The van der Waals surface area contributed by atoms with Gasteiger partial charge in [-0.05, 0) is 36.4 Å². The SMILES string of the molecule is CN1C(=O)c2cc(-n3cnc4ccccc43)cc(-n3cnc4ccccc43)c2C1=O. The van der Waals surface area contributed by atoms with Crippen LogP contribution in [0, 0.1) is 0 Å². The monoisotopic (exact) mass is 393 g/mol. The molecule has 0 N–H and O–H groups in total. The Bertz CT molecular complexity index is 1510. The van der Waals surface area contributed by atoms with E-state index >= 15 is 0 Å². The second kappa shape index (κ2) is 5.87. The topological polar surface area (TPSA) is 73.0 Å². The molecule has 0 saturated carbocycles. The normalized spacial score (nSPS) is 13.6. The Labute approximate surface area is 170 Å². The summed E-state index contributed by atoms with van der Waals surface area (Å²) in [6.45, 7) is 0. The smallest absolute Gasteiger partial charge is 0.263 e. The number of benzene rings is 3. The molecule has 2 amide bonds. The number of hydrogen-bond donors (Lipinski definition) is 0. The number of rotatable bonds is 2. The fourth-order valence-corrected chi connectivity index (χ4v) is 4.09. The third-order valence-electron chi connectivity index (χ3n) is 5.60. The summed E-state index contributed by atoms with van der Waals surface area (Å²) >= 11 is 0. The van der Waals surface area contributed by atoms with Crippen LogP contribution in [0.25, 0.3) is 33.4 Å². The highest BCUT2D eigenvalue weighted by atomic mass is 16.2. The molecule has 3 aromatic carbocycles. The van der Waals surface area contributed by atoms with Gasteiger partial charge in [0.25, 0.3) is 11.8 Å². The molecule has 3 heterocycles. The molecule has 30 heavy (non-hydrogen) atoms. The van der Waals surface area contributed by atoms with Crippen molar-refractivity contribution in [3.8, 4) is 11.4 Å². The van der Waals surface area contributed by atoms with Gasteiger partial charge < -0.3 is 0 Å². The predicted octanol–water partition coefficient (Wildman–Crippen LogP) is 3.59. The van der Waals surface area contributed by atoms with E-state index in [1.165, 1.54) is 7.05 Å². The zero-order valence-corrected chi connectivity index (χ0v) is 16.0. The van der Waals surface area contributed by atoms with Gasteiger partial charge in [-0.3, -0.25) is 23.6 Å². The van der Waals surface area contributed by atoms with E-state index in [4.69, 9.17) is 0 Å². The van der Waals surface area contributed by atoms with Crippen LogP contribution in [0.1, 0.15) is 20.7 Å². The van der Waals surface area contributed by atoms with Gasteiger partial charge in [0.1, 0.15) is 12.7 Å². The van der Waals surface area contributed by atoms with Gasteiger partial charge in [-0.25, -0.2) is 9.97 Å². The first-order valence-corrected chi connectivity index (χ1v) is 9.49. The summed E-state index contributed by atoms with van der Waals surface area (Å²) in [6.07, 6.45) is 3.42. The van der Waals surface area contributed by atoms with Crippen LogP contribution in [0.4, 0.5) is 0 Å². The van der Waals surface area contributed by atoms with E-state index in [1.807, 2.05) is 63.7 Å². The summed E-state index contributed by atoms with van der Waals surface area (Å²) in [4.78, 5) is 35.8. The number of amides is 2. The molecule has 0 saturated heterocycles. The van der Waals surface area contributed by atoms with Gasteiger partial charge in [0.05, 0.1) is 44.6 Å². The van der Waals surface area contributed by atoms with Gasteiger partial charge in [-0.1, -0.05) is 24.3 Å².